The van der Waals surface area contributed by atoms with Crippen LogP contribution in [0.3, 0.4) is 0 Å². The number of rotatable bonds is 2. The molecule has 0 aliphatic heterocycles. The zero-order chi connectivity index (χ0) is 12.4. The van der Waals surface area contributed by atoms with Crippen molar-refractivity contribution in [3.63, 3.8) is 0 Å². The molecule has 0 aliphatic rings. The molecule has 0 aromatic heterocycles. The first-order chi connectivity index (χ1) is 8.06. The van der Waals surface area contributed by atoms with Gasteiger partial charge in [0.1, 0.15) is 11.5 Å². The predicted octanol–water partition coefficient (Wildman–Crippen LogP) is 3.65. The lowest BCUT2D eigenvalue weighted by atomic mass is 10.2. The lowest BCUT2D eigenvalue weighted by molar-refractivity contribution is 0.461. The molecule has 2 aromatic rings. The number of ether oxygens (including phenoxy) is 1. The summed E-state index contributed by atoms with van der Waals surface area (Å²) in [6.07, 6.45) is 0. The largest absolute Gasteiger partial charge is 0.457 e. The lowest BCUT2D eigenvalue weighted by Crippen LogP contribution is -1.91. The second-order valence-electron chi connectivity index (χ2n) is 3.70. The van der Waals surface area contributed by atoms with Crippen LogP contribution in [0.5, 0.6) is 11.5 Å². The van der Waals surface area contributed by atoms with E-state index in [1.54, 1.807) is 18.2 Å². The zero-order valence-electron chi connectivity index (χ0n) is 9.21. The van der Waals surface area contributed by atoms with Gasteiger partial charge in [-0.2, -0.15) is 0 Å². The van der Waals surface area contributed by atoms with E-state index in [4.69, 9.17) is 10.5 Å². The van der Waals surface area contributed by atoms with Gasteiger partial charge in [-0.3, -0.25) is 0 Å². The van der Waals surface area contributed by atoms with Crippen LogP contribution in [0.2, 0.25) is 0 Å². The number of nitrogen functional groups attached to an aromatic ring is 1. The van der Waals surface area contributed by atoms with Crippen LogP contribution >= 0.6 is 0 Å². The van der Waals surface area contributed by atoms with Crippen molar-refractivity contribution in [2.45, 2.75) is 6.92 Å². The maximum absolute atomic E-state index is 13.0. The van der Waals surface area contributed by atoms with Crippen LogP contribution in [0.15, 0.2) is 36.4 Å². The van der Waals surface area contributed by atoms with Crippen LogP contribution in [0, 0.1) is 18.6 Å². The molecule has 2 N–H and O–H groups in total. The first-order valence-corrected chi connectivity index (χ1v) is 5.05. The smallest absolute Gasteiger partial charge is 0.162 e. The Morgan fingerprint density at radius 2 is 1.59 bits per heavy atom. The zero-order valence-corrected chi connectivity index (χ0v) is 9.21. The molecule has 0 amide bonds. The molecule has 0 unspecified atom stereocenters. The van der Waals surface area contributed by atoms with Gasteiger partial charge in [-0.1, -0.05) is 0 Å². The monoisotopic (exact) mass is 235 g/mol. The van der Waals surface area contributed by atoms with Crippen molar-refractivity contribution >= 4 is 5.69 Å². The Morgan fingerprint density at radius 1 is 0.941 bits per heavy atom. The van der Waals surface area contributed by atoms with E-state index in [0.717, 1.165) is 17.7 Å². The first-order valence-electron chi connectivity index (χ1n) is 5.05. The summed E-state index contributed by atoms with van der Waals surface area (Å²) in [5.74, 6) is -1.06. The summed E-state index contributed by atoms with van der Waals surface area (Å²) < 4.78 is 31.0. The Kier molecular flexibility index (Phi) is 2.95. The Hall–Kier alpha value is -2.10. The van der Waals surface area contributed by atoms with E-state index in [9.17, 15) is 8.78 Å². The first kappa shape index (κ1) is 11.4. The molecule has 0 aliphatic carbocycles. The van der Waals surface area contributed by atoms with Gasteiger partial charge in [0, 0.05) is 11.8 Å². The summed E-state index contributed by atoms with van der Waals surface area (Å²) >= 11 is 0. The maximum Gasteiger partial charge on any atom is 0.162 e. The molecule has 88 valence electrons. The van der Waals surface area contributed by atoms with Crippen molar-refractivity contribution in [2.75, 3.05) is 5.73 Å². The van der Waals surface area contributed by atoms with E-state index >= 15 is 0 Å². The fourth-order valence-electron chi connectivity index (χ4n) is 1.39. The third kappa shape index (κ3) is 2.53. The average Bonchev–Trinajstić information content (AvgIpc) is 2.29. The van der Waals surface area contributed by atoms with Crippen molar-refractivity contribution in [3.05, 3.63) is 53.6 Å². The Balaban J connectivity index is 2.25. The molecule has 0 spiro atoms. The highest BCUT2D eigenvalue weighted by atomic mass is 19.2. The highest BCUT2D eigenvalue weighted by molar-refractivity contribution is 5.50. The highest BCUT2D eigenvalue weighted by Crippen LogP contribution is 2.25. The number of hydrogen-bond acceptors (Lipinski definition) is 2. The Bertz CT molecular complexity index is 506. The third-order valence-electron chi connectivity index (χ3n) is 2.37. The van der Waals surface area contributed by atoms with E-state index in [-0.39, 0.29) is 5.75 Å². The molecule has 4 heteroatoms. The van der Waals surface area contributed by atoms with Crippen molar-refractivity contribution in [1.82, 2.24) is 0 Å². The number of benzene rings is 2. The van der Waals surface area contributed by atoms with Crippen molar-refractivity contribution < 1.29 is 13.5 Å². The van der Waals surface area contributed by atoms with Gasteiger partial charge in [0.15, 0.2) is 11.6 Å². The third-order valence-corrected chi connectivity index (χ3v) is 2.37. The maximum atomic E-state index is 13.0. The second-order valence-corrected chi connectivity index (χ2v) is 3.70. The highest BCUT2D eigenvalue weighted by Gasteiger charge is 2.05. The molecule has 0 radical (unpaired) electrons. The molecule has 0 heterocycles. The summed E-state index contributed by atoms with van der Waals surface area (Å²) in [4.78, 5) is 0. The molecule has 2 nitrogen and oxygen atoms in total. The van der Waals surface area contributed by atoms with Crippen molar-refractivity contribution in [3.8, 4) is 11.5 Å². The molecular weight excluding hydrogens is 224 g/mol. The van der Waals surface area contributed by atoms with Crippen LogP contribution in [0.25, 0.3) is 0 Å². The van der Waals surface area contributed by atoms with Gasteiger partial charge in [-0.15, -0.1) is 0 Å². The van der Waals surface area contributed by atoms with Gasteiger partial charge in [0.25, 0.3) is 0 Å². The molecule has 2 rings (SSSR count). The lowest BCUT2D eigenvalue weighted by Gasteiger charge is -2.08. The molecule has 0 saturated carbocycles. The van der Waals surface area contributed by atoms with Gasteiger partial charge in [0.05, 0.1) is 0 Å². The molecule has 0 saturated heterocycles. The van der Waals surface area contributed by atoms with E-state index in [1.807, 2.05) is 6.92 Å². The summed E-state index contributed by atoms with van der Waals surface area (Å²) in [5, 5.41) is 0. The fraction of sp³-hybridized carbons (Fsp3) is 0.0769. The quantitative estimate of drug-likeness (QED) is 0.806. The molecule has 17 heavy (non-hydrogen) atoms. The number of hydrogen-bond donors (Lipinski definition) is 1. The molecule has 0 bridgehead atoms. The van der Waals surface area contributed by atoms with Crippen LogP contribution in [0.1, 0.15) is 5.56 Å². The summed E-state index contributed by atoms with van der Waals surface area (Å²) in [6, 6.07) is 8.49. The second kappa shape index (κ2) is 4.41. The van der Waals surface area contributed by atoms with E-state index < -0.39 is 11.6 Å². The summed E-state index contributed by atoms with van der Waals surface area (Å²) in [7, 11) is 0. The fourth-order valence-corrected chi connectivity index (χ4v) is 1.39. The van der Waals surface area contributed by atoms with E-state index in [1.165, 1.54) is 6.07 Å². The van der Waals surface area contributed by atoms with Crippen LogP contribution < -0.4 is 10.5 Å². The predicted molar refractivity (Wildman–Crippen MR) is 62.0 cm³/mol. The summed E-state index contributed by atoms with van der Waals surface area (Å²) in [5.41, 5.74) is 7.18. The van der Waals surface area contributed by atoms with Crippen LogP contribution in [0.4, 0.5) is 14.5 Å². The summed E-state index contributed by atoms with van der Waals surface area (Å²) in [6.45, 7) is 1.84. The molecule has 0 atom stereocenters. The van der Waals surface area contributed by atoms with Crippen LogP contribution in [-0.4, -0.2) is 0 Å². The molecule has 2 aromatic carbocycles. The van der Waals surface area contributed by atoms with Crippen molar-refractivity contribution in [2.24, 2.45) is 0 Å². The SMILES string of the molecule is Cc1cc(Oc2ccc(F)c(F)c2)ccc1N. The normalized spacial score (nSPS) is 10.3. The average molecular weight is 235 g/mol. The Labute approximate surface area is 97.6 Å². The van der Waals surface area contributed by atoms with Crippen molar-refractivity contribution in [1.29, 1.82) is 0 Å². The number of aryl methyl sites for hydroxylation is 1. The number of anilines is 1. The number of halogens is 2. The van der Waals surface area contributed by atoms with Gasteiger partial charge >= 0.3 is 0 Å². The van der Waals surface area contributed by atoms with Crippen LogP contribution in [-0.2, 0) is 0 Å². The minimum Gasteiger partial charge on any atom is -0.457 e. The standard InChI is InChI=1S/C13H11F2NO/c1-8-6-9(3-5-13(8)16)17-10-2-4-11(14)12(15)7-10/h2-7H,16H2,1H3. The minimum atomic E-state index is -0.935. The van der Waals surface area contributed by atoms with Gasteiger partial charge in [0.2, 0.25) is 0 Å². The number of nitrogens with two attached hydrogens (primary N) is 1. The van der Waals surface area contributed by atoms with E-state index in [2.05, 4.69) is 0 Å². The minimum absolute atomic E-state index is 0.244. The topological polar surface area (TPSA) is 35.2 Å². The molecule has 0 fully saturated rings. The van der Waals surface area contributed by atoms with Gasteiger partial charge in [-0.05, 0) is 42.8 Å². The Morgan fingerprint density at radius 3 is 2.24 bits per heavy atom. The van der Waals surface area contributed by atoms with Gasteiger partial charge < -0.3 is 10.5 Å². The van der Waals surface area contributed by atoms with Gasteiger partial charge in [-0.25, -0.2) is 8.78 Å². The van der Waals surface area contributed by atoms with E-state index in [0.29, 0.717) is 11.4 Å². The molecular formula is C13H11F2NO.